The number of amides is 1. The van der Waals surface area contributed by atoms with Crippen LogP contribution < -0.4 is 0 Å². The smallest absolute Gasteiger partial charge is 0.233 e. The van der Waals surface area contributed by atoms with E-state index < -0.39 is 11.3 Å². The predicted octanol–water partition coefficient (Wildman–Crippen LogP) is -0.987. The van der Waals surface area contributed by atoms with Crippen molar-refractivity contribution in [2.24, 2.45) is 0 Å². The maximum atomic E-state index is 11.1. The summed E-state index contributed by atoms with van der Waals surface area (Å²) < 4.78 is 32.1. The van der Waals surface area contributed by atoms with E-state index in [9.17, 15) is 9.00 Å². The van der Waals surface area contributed by atoms with Gasteiger partial charge in [0.15, 0.2) is 0 Å². The molecule has 0 saturated carbocycles. The minimum Gasteiger partial charge on any atom is -0.519 e. The van der Waals surface area contributed by atoms with E-state index in [4.69, 9.17) is 18.4 Å². The first-order valence-electron chi connectivity index (χ1n) is 5.16. The molecule has 0 N–H and O–H groups in total. The van der Waals surface area contributed by atoms with Crippen molar-refractivity contribution in [1.82, 2.24) is 4.31 Å². The van der Waals surface area contributed by atoms with Gasteiger partial charge in [-0.1, -0.05) is 0 Å². The van der Waals surface area contributed by atoms with Crippen LogP contribution >= 0.6 is 0 Å². The van der Waals surface area contributed by atoms with E-state index in [1.807, 2.05) is 0 Å². The number of ether oxygens (including phenoxy) is 3. The number of methoxy groups -OCH3 is 1. The Hall–Kier alpha value is -1.54. The van der Waals surface area contributed by atoms with E-state index in [0.29, 0.717) is 26.4 Å². The Morgan fingerprint density at radius 3 is 2.67 bits per heavy atom. The Balaban J connectivity index is 0.00000289. The van der Waals surface area contributed by atoms with Crippen LogP contribution in [-0.4, -0.2) is 67.7 Å². The standard InChI is InChI=1S/C9H16NO6S.Fm/c1-13-2-3-14-4-5-15-6-9-7-16-17(12)10(9)8-11;/h9H,2-7H2,1H3;/q-1;. The van der Waals surface area contributed by atoms with Crippen LogP contribution in [0.2, 0.25) is 0 Å². The van der Waals surface area contributed by atoms with Crippen molar-refractivity contribution in [3.63, 3.8) is 0 Å². The molecule has 9 heteroatoms. The Bertz CT molecular complexity index is 257. The molecule has 2 unspecified atom stereocenters. The van der Waals surface area contributed by atoms with Crippen LogP contribution in [0.15, 0.2) is 0 Å². The van der Waals surface area contributed by atoms with E-state index in [0.717, 1.165) is 4.31 Å². The predicted molar refractivity (Wildman–Crippen MR) is 58.9 cm³/mol. The van der Waals surface area contributed by atoms with Crippen LogP contribution in [0.5, 0.6) is 0 Å². The molecule has 0 bridgehead atoms. The molecule has 1 saturated heterocycles. The SMILES string of the molecule is COCCOCCOCC1COS(=O)N1[C-]=O.[Fm]. The van der Waals surface area contributed by atoms with Crippen molar-refractivity contribution >= 4 is 17.7 Å². The summed E-state index contributed by atoms with van der Waals surface area (Å²) in [6.45, 7) is 2.37. The normalized spacial score (nSPS) is 22.8. The van der Waals surface area contributed by atoms with E-state index in [1.165, 1.54) is 0 Å². The minimum absolute atomic E-state index is 0. The molecular formula is C9H16FmNO6S-. The number of carbonyl (C=O) groups excluding carboxylic acids is 1. The second-order valence-electron chi connectivity index (χ2n) is 3.25. The van der Waals surface area contributed by atoms with Gasteiger partial charge < -0.3 is 23.3 Å². The van der Waals surface area contributed by atoms with Crippen molar-refractivity contribution in [2.45, 2.75) is 6.04 Å². The van der Waals surface area contributed by atoms with Gasteiger partial charge in [0.1, 0.15) is 0 Å². The third-order valence-corrected chi connectivity index (χ3v) is 3.09. The van der Waals surface area contributed by atoms with Crippen molar-refractivity contribution in [3.8, 4) is 0 Å². The Morgan fingerprint density at radius 1 is 1.33 bits per heavy atom. The van der Waals surface area contributed by atoms with Gasteiger partial charge in [0.05, 0.1) is 45.7 Å². The van der Waals surface area contributed by atoms with Crippen LogP contribution in [-0.2, 0) is 34.5 Å². The quantitative estimate of drug-likeness (QED) is 0.286. The molecule has 0 spiro atoms. The molecule has 0 radical (unpaired) electrons. The summed E-state index contributed by atoms with van der Waals surface area (Å²) >= 11 is -1.72. The summed E-state index contributed by atoms with van der Waals surface area (Å²) in [6, 6.07) is -0.340. The Morgan fingerprint density at radius 2 is 2.00 bits per heavy atom. The van der Waals surface area contributed by atoms with E-state index >= 15 is 0 Å². The molecule has 1 fully saturated rings. The second-order valence-corrected chi connectivity index (χ2v) is 4.32. The molecule has 0 aliphatic carbocycles. The fraction of sp³-hybridized carbons (Fsp3) is 0.889. The van der Waals surface area contributed by atoms with Crippen LogP contribution in [0.4, 0.5) is 0 Å². The number of rotatable bonds is 9. The summed E-state index contributed by atoms with van der Waals surface area (Å²) in [6.07, 6.45) is 1.56. The summed E-state index contributed by atoms with van der Waals surface area (Å²) in [7, 11) is 1.60. The topological polar surface area (TPSA) is 74.3 Å². The Kier molecular flexibility index (Phi) is 8.67. The number of hydrogen-bond donors (Lipinski definition) is 0. The van der Waals surface area contributed by atoms with E-state index in [-0.39, 0.29) is 19.3 Å². The first-order chi connectivity index (χ1) is 8.29. The van der Waals surface area contributed by atoms with Crippen molar-refractivity contribution in [2.75, 3.05) is 46.8 Å². The molecular weight excluding hydrogens is 507 g/mol. The summed E-state index contributed by atoms with van der Waals surface area (Å²) in [5.41, 5.74) is 0. The second kappa shape index (κ2) is 9.49. The van der Waals surface area contributed by atoms with Gasteiger partial charge in [-0.05, 0) is 0 Å². The molecule has 112 valence electrons. The number of hydrogen-bond acceptors (Lipinski definition) is 6. The van der Waals surface area contributed by atoms with Gasteiger partial charge in [0.25, 0.3) is 0 Å². The Labute approximate surface area is 103 Å². The summed E-state index contributed by atoms with van der Waals surface area (Å²) in [5, 5.41) is 0. The van der Waals surface area contributed by atoms with Crippen LogP contribution in [0, 0.1) is 0 Å². The maximum Gasteiger partial charge on any atom is 0.233 e. The third kappa shape index (κ3) is 5.19. The zero-order chi connectivity index (χ0) is 12.5. The molecule has 7 nitrogen and oxygen atoms in total. The fourth-order valence-electron chi connectivity index (χ4n) is 1.19. The third-order valence-electron chi connectivity index (χ3n) is 2.06. The zero-order valence-electron chi connectivity index (χ0n) is 9.91. The van der Waals surface area contributed by atoms with Gasteiger partial charge in [-0.25, -0.2) is 4.21 Å². The van der Waals surface area contributed by atoms with Gasteiger partial charge in [0.2, 0.25) is 11.3 Å². The molecule has 2 atom stereocenters. The molecule has 1 aliphatic heterocycles. The maximum absolute atomic E-state index is 11.1. The van der Waals surface area contributed by atoms with Gasteiger partial charge in [0, 0.05) is 7.11 Å². The molecule has 18 heavy (non-hydrogen) atoms. The molecule has 1 aliphatic rings. The molecule has 0 aromatic heterocycles. The van der Waals surface area contributed by atoms with Crippen LogP contribution in [0.25, 0.3) is 0 Å². The average molecular weight is 523 g/mol. The van der Waals surface area contributed by atoms with Gasteiger partial charge in [-0.2, -0.15) is 0 Å². The van der Waals surface area contributed by atoms with Crippen molar-refractivity contribution in [1.29, 1.82) is 0 Å². The summed E-state index contributed by atoms with van der Waals surface area (Å²) in [5.74, 6) is 0. The van der Waals surface area contributed by atoms with Crippen LogP contribution in [0.3, 0.4) is 0 Å². The first kappa shape index (κ1) is 16.5. The fourth-order valence-corrected chi connectivity index (χ4v) is 2.00. The van der Waals surface area contributed by atoms with Gasteiger partial charge >= 0.3 is 0 Å². The molecule has 1 heterocycles. The van der Waals surface area contributed by atoms with Crippen molar-refractivity contribution in [3.05, 3.63) is 0 Å². The molecule has 1 amide bonds. The zero-order valence-corrected chi connectivity index (χ0v) is 13.1. The number of nitrogens with zero attached hydrogens (tertiary/aromatic N) is 1. The van der Waals surface area contributed by atoms with E-state index in [1.54, 1.807) is 13.5 Å². The molecule has 1 rings (SSSR count). The first-order valence-corrected chi connectivity index (χ1v) is 6.19. The molecule has 0 aromatic carbocycles. The van der Waals surface area contributed by atoms with Crippen LogP contribution in [0.1, 0.15) is 0 Å². The monoisotopic (exact) mass is 523 g/mol. The van der Waals surface area contributed by atoms with E-state index in [2.05, 4.69) is 0 Å². The van der Waals surface area contributed by atoms with Gasteiger partial charge in [-0.3, -0.25) is 4.18 Å². The van der Waals surface area contributed by atoms with Gasteiger partial charge in [-0.15, -0.1) is 6.41 Å². The molecule has 0 aromatic rings. The average Bonchev–Trinajstić information content (AvgIpc) is 2.69. The minimum atomic E-state index is -1.72. The van der Waals surface area contributed by atoms with Crippen molar-refractivity contribution < 1.29 is 27.4 Å². The summed E-state index contributed by atoms with van der Waals surface area (Å²) in [4.78, 5) is 10.5. The largest absolute Gasteiger partial charge is 0.519 e.